The van der Waals surface area contributed by atoms with Crippen molar-refractivity contribution >= 4 is 10.0 Å². The van der Waals surface area contributed by atoms with E-state index in [1.54, 1.807) is 18.2 Å². The van der Waals surface area contributed by atoms with Gasteiger partial charge in [0, 0.05) is 32.6 Å². The van der Waals surface area contributed by atoms with Crippen LogP contribution in [0.5, 0.6) is 5.75 Å². The highest BCUT2D eigenvalue weighted by Gasteiger charge is 2.19. The zero-order chi connectivity index (χ0) is 14.7. The van der Waals surface area contributed by atoms with E-state index in [0.29, 0.717) is 24.6 Å². The Morgan fingerprint density at radius 3 is 2.81 bits per heavy atom. The van der Waals surface area contributed by atoms with Crippen molar-refractivity contribution < 1.29 is 17.9 Å². The van der Waals surface area contributed by atoms with Crippen molar-refractivity contribution in [2.75, 3.05) is 46.0 Å². The molecular weight excluding hydrogens is 292 g/mol. The highest BCUT2D eigenvalue weighted by Crippen LogP contribution is 2.27. The fourth-order valence-corrected chi connectivity index (χ4v) is 3.65. The van der Waals surface area contributed by atoms with Crippen LogP contribution in [-0.2, 0) is 21.2 Å². The molecule has 7 heteroatoms. The average Bonchev–Trinajstić information content (AvgIpc) is 2.95. The van der Waals surface area contributed by atoms with Crippen LogP contribution in [0.3, 0.4) is 0 Å². The van der Waals surface area contributed by atoms with E-state index in [0.717, 1.165) is 44.0 Å². The van der Waals surface area contributed by atoms with Crippen molar-refractivity contribution in [3.63, 3.8) is 0 Å². The zero-order valence-corrected chi connectivity index (χ0v) is 12.7. The Morgan fingerprint density at radius 1 is 1.19 bits per heavy atom. The van der Waals surface area contributed by atoms with Crippen molar-refractivity contribution in [1.82, 2.24) is 9.62 Å². The molecule has 0 aliphatic carbocycles. The smallest absolute Gasteiger partial charge is 0.240 e. The first kappa shape index (κ1) is 14.8. The molecule has 0 atom stereocenters. The van der Waals surface area contributed by atoms with Crippen molar-refractivity contribution in [1.29, 1.82) is 0 Å². The van der Waals surface area contributed by atoms with E-state index in [4.69, 9.17) is 9.47 Å². The minimum Gasteiger partial charge on any atom is -0.493 e. The standard InChI is InChI=1S/C14H20N2O4S/c17-21(18,15-4-5-16-6-9-19-10-7-16)13-1-2-14-12(11-13)3-8-20-14/h1-2,11,15H,3-10H2. The maximum Gasteiger partial charge on any atom is 0.240 e. The SMILES string of the molecule is O=S(=O)(NCCN1CCOCC1)c1ccc2c(c1)CCO2. The molecule has 1 aromatic rings. The molecule has 0 amide bonds. The monoisotopic (exact) mass is 312 g/mol. The number of nitrogens with one attached hydrogen (secondary N) is 1. The van der Waals surface area contributed by atoms with Crippen molar-refractivity contribution in [3.8, 4) is 5.75 Å². The molecule has 3 rings (SSSR count). The van der Waals surface area contributed by atoms with Crippen LogP contribution in [0.1, 0.15) is 5.56 Å². The molecule has 1 fully saturated rings. The molecule has 2 aliphatic heterocycles. The number of ether oxygens (including phenoxy) is 2. The first-order valence-electron chi connectivity index (χ1n) is 7.21. The van der Waals surface area contributed by atoms with Crippen LogP contribution in [0.4, 0.5) is 0 Å². The molecule has 21 heavy (non-hydrogen) atoms. The third-order valence-electron chi connectivity index (χ3n) is 3.80. The fourth-order valence-electron chi connectivity index (χ4n) is 2.58. The predicted molar refractivity (Wildman–Crippen MR) is 78.1 cm³/mol. The lowest BCUT2D eigenvalue weighted by atomic mass is 10.2. The predicted octanol–water partition coefficient (Wildman–Crippen LogP) is 0.232. The maximum absolute atomic E-state index is 12.3. The second kappa shape index (κ2) is 6.31. The number of rotatable bonds is 5. The highest BCUT2D eigenvalue weighted by molar-refractivity contribution is 7.89. The van der Waals surface area contributed by atoms with E-state index in [2.05, 4.69) is 9.62 Å². The summed E-state index contributed by atoms with van der Waals surface area (Å²) in [4.78, 5) is 2.51. The van der Waals surface area contributed by atoms with Gasteiger partial charge in [-0.15, -0.1) is 0 Å². The largest absolute Gasteiger partial charge is 0.493 e. The van der Waals surface area contributed by atoms with Gasteiger partial charge in [-0.25, -0.2) is 13.1 Å². The van der Waals surface area contributed by atoms with Gasteiger partial charge in [-0.05, 0) is 23.8 Å². The molecule has 2 heterocycles. The molecule has 0 saturated carbocycles. The Labute approximate surface area is 125 Å². The van der Waals surface area contributed by atoms with Crippen molar-refractivity contribution in [3.05, 3.63) is 23.8 Å². The van der Waals surface area contributed by atoms with Crippen LogP contribution in [0.25, 0.3) is 0 Å². The van der Waals surface area contributed by atoms with Gasteiger partial charge in [-0.1, -0.05) is 0 Å². The fraction of sp³-hybridized carbons (Fsp3) is 0.571. The summed E-state index contributed by atoms with van der Waals surface area (Å²) in [7, 11) is -3.45. The van der Waals surface area contributed by atoms with Gasteiger partial charge in [0.2, 0.25) is 10.0 Å². The number of sulfonamides is 1. The summed E-state index contributed by atoms with van der Waals surface area (Å²) >= 11 is 0. The van der Waals surface area contributed by atoms with Gasteiger partial charge in [0.15, 0.2) is 0 Å². The number of hydrogen-bond acceptors (Lipinski definition) is 5. The first-order chi connectivity index (χ1) is 10.1. The van der Waals surface area contributed by atoms with E-state index < -0.39 is 10.0 Å². The quantitative estimate of drug-likeness (QED) is 0.843. The molecule has 0 spiro atoms. The molecular formula is C14H20N2O4S. The lowest BCUT2D eigenvalue weighted by Gasteiger charge is -2.26. The molecule has 1 saturated heterocycles. The van der Waals surface area contributed by atoms with Gasteiger partial charge >= 0.3 is 0 Å². The maximum atomic E-state index is 12.3. The van der Waals surface area contributed by atoms with Gasteiger partial charge in [0.1, 0.15) is 5.75 Å². The molecule has 2 aliphatic rings. The van der Waals surface area contributed by atoms with E-state index in [9.17, 15) is 8.42 Å². The number of fused-ring (bicyclic) bond motifs is 1. The topological polar surface area (TPSA) is 67.9 Å². The molecule has 116 valence electrons. The van der Waals surface area contributed by atoms with Gasteiger partial charge in [0.25, 0.3) is 0 Å². The van der Waals surface area contributed by atoms with Gasteiger partial charge in [0.05, 0.1) is 24.7 Å². The molecule has 0 bridgehead atoms. The molecule has 0 radical (unpaired) electrons. The Hall–Kier alpha value is -1.15. The van der Waals surface area contributed by atoms with Crippen LogP contribution >= 0.6 is 0 Å². The molecule has 1 N–H and O–H groups in total. The summed E-state index contributed by atoms with van der Waals surface area (Å²) in [6.45, 7) is 4.90. The Kier molecular flexibility index (Phi) is 4.44. The van der Waals surface area contributed by atoms with Crippen LogP contribution < -0.4 is 9.46 Å². The molecule has 6 nitrogen and oxygen atoms in total. The van der Waals surface area contributed by atoms with E-state index in [1.807, 2.05) is 0 Å². The van der Waals surface area contributed by atoms with E-state index in [-0.39, 0.29) is 0 Å². The van der Waals surface area contributed by atoms with Crippen molar-refractivity contribution in [2.45, 2.75) is 11.3 Å². The minimum absolute atomic E-state index is 0.314. The Morgan fingerprint density at radius 2 is 2.00 bits per heavy atom. The molecule has 1 aromatic carbocycles. The summed E-state index contributed by atoms with van der Waals surface area (Å²) in [6.07, 6.45) is 0.770. The molecule has 0 aromatic heterocycles. The first-order valence-corrected chi connectivity index (χ1v) is 8.69. The molecule has 0 unspecified atom stereocenters. The number of nitrogens with zero attached hydrogens (tertiary/aromatic N) is 1. The summed E-state index contributed by atoms with van der Waals surface area (Å²) in [5.41, 5.74) is 0.964. The minimum atomic E-state index is -3.45. The zero-order valence-electron chi connectivity index (χ0n) is 11.9. The Balaban J connectivity index is 1.58. The summed E-state index contributed by atoms with van der Waals surface area (Å²) in [6, 6.07) is 5.04. The normalized spacial score (nSPS) is 19.2. The summed E-state index contributed by atoms with van der Waals surface area (Å²) in [5, 5.41) is 0. The van der Waals surface area contributed by atoms with E-state index in [1.165, 1.54) is 0 Å². The lowest BCUT2D eigenvalue weighted by Crippen LogP contribution is -2.41. The second-order valence-electron chi connectivity index (χ2n) is 5.22. The third-order valence-corrected chi connectivity index (χ3v) is 5.25. The number of hydrogen-bond donors (Lipinski definition) is 1. The number of benzene rings is 1. The van der Waals surface area contributed by atoms with Crippen LogP contribution in [0.2, 0.25) is 0 Å². The van der Waals surface area contributed by atoms with Crippen LogP contribution in [0, 0.1) is 0 Å². The third kappa shape index (κ3) is 3.55. The van der Waals surface area contributed by atoms with Crippen molar-refractivity contribution in [2.24, 2.45) is 0 Å². The Bertz CT molecular complexity index is 597. The van der Waals surface area contributed by atoms with Gasteiger partial charge < -0.3 is 9.47 Å². The highest BCUT2D eigenvalue weighted by atomic mass is 32.2. The van der Waals surface area contributed by atoms with E-state index >= 15 is 0 Å². The summed E-state index contributed by atoms with van der Waals surface area (Å²) in [5.74, 6) is 0.794. The van der Waals surface area contributed by atoms with Gasteiger partial charge in [-0.2, -0.15) is 0 Å². The lowest BCUT2D eigenvalue weighted by molar-refractivity contribution is 0.0390. The van der Waals surface area contributed by atoms with Crippen LogP contribution in [-0.4, -0.2) is 59.3 Å². The van der Waals surface area contributed by atoms with Crippen LogP contribution in [0.15, 0.2) is 23.1 Å². The second-order valence-corrected chi connectivity index (χ2v) is 6.99. The number of morpholine rings is 1. The average molecular weight is 312 g/mol. The van der Waals surface area contributed by atoms with Gasteiger partial charge in [-0.3, -0.25) is 4.90 Å². The summed E-state index contributed by atoms with van der Waals surface area (Å²) < 4.78 is 37.9.